The van der Waals surface area contributed by atoms with E-state index in [1.54, 1.807) is 12.1 Å². The Hall–Kier alpha value is -3.80. The number of ketones is 1. The van der Waals surface area contributed by atoms with Crippen LogP contribution in [0.4, 0.5) is 5.69 Å². The maximum atomic E-state index is 13.1. The molecule has 3 aromatic rings. The summed E-state index contributed by atoms with van der Waals surface area (Å²) in [6.07, 6.45) is 9.53. The van der Waals surface area contributed by atoms with Gasteiger partial charge in [0, 0.05) is 37.1 Å². The standard InChI is InChI=1S/C27H28N2O4/c30-26(31)20-33-24-9-4-7-21(19-24)8-5-17-29-18-6-10-25(29)27(32)22-11-13-23(14-12-22)28-15-2-1-3-16-28/h4-14,18-19H,1-3,15-17,20H2,(H,30,31)/b8-5+. The van der Waals surface area contributed by atoms with E-state index in [2.05, 4.69) is 4.90 Å². The van der Waals surface area contributed by atoms with Crippen LogP contribution in [0, 0.1) is 0 Å². The number of carbonyl (C=O) groups excluding carboxylic acids is 1. The maximum Gasteiger partial charge on any atom is 0.341 e. The molecule has 1 aliphatic heterocycles. The van der Waals surface area contributed by atoms with E-state index in [0.717, 1.165) is 18.7 Å². The van der Waals surface area contributed by atoms with E-state index in [1.165, 1.54) is 24.9 Å². The average Bonchev–Trinajstić information content (AvgIpc) is 3.32. The number of piperidine rings is 1. The summed E-state index contributed by atoms with van der Waals surface area (Å²) >= 11 is 0. The van der Waals surface area contributed by atoms with Crippen LogP contribution in [0.25, 0.3) is 6.08 Å². The van der Waals surface area contributed by atoms with Crippen LogP contribution in [0.15, 0.2) is 72.9 Å². The number of allylic oxidation sites excluding steroid dienone is 1. The van der Waals surface area contributed by atoms with Gasteiger partial charge in [0.05, 0.1) is 5.69 Å². The third kappa shape index (κ3) is 5.92. The van der Waals surface area contributed by atoms with Gasteiger partial charge in [0.1, 0.15) is 5.75 Å². The number of ether oxygens (including phenoxy) is 1. The van der Waals surface area contributed by atoms with Gasteiger partial charge in [0.2, 0.25) is 5.78 Å². The summed E-state index contributed by atoms with van der Waals surface area (Å²) in [7, 11) is 0. The first-order valence-electron chi connectivity index (χ1n) is 11.3. The minimum Gasteiger partial charge on any atom is -0.482 e. The summed E-state index contributed by atoms with van der Waals surface area (Å²) < 4.78 is 7.14. The maximum absolute atomic E-state index is 13.1. The molecule has 1 N–H and O–H groups in total. The second kappa shape index (κ2) is 10.7. The smallest absolute Gasteiger partial charge is 0.341 e. The Morgan fingerprint density at radius 1 is 0.970 bits per heavy atom. The van der Waals surface area contributed by atoms with Gasteiger partial charge in [-0.3, -0.25) is 4.79 Å². The van der Waals surface area contributed by atoms with Crippen molar-refractivity contribution in [2.45, 2.75) is 25.8 Å². The molecule has 1 aromatic heterocycles. The molecule has 0 amide bonds. The molecule has 0 spiro atoms. The molecule has 6 nitrogen and oxygen atoms in total. The molecule has 0 atom stereocenters. The first kappa shape index (κ1) is 22.4. The van der Waals surface area contributed by atoms with Gasteiger partial charge in [-0.05, 0) is 73.4 Å². The Kier molecular flexibility index (Phi) is 7.25. The van der Waals surface area contributed by atoms with Crippen LogP contribution in [0.2, 0.25) is 0 Å². The SMILES string of the molecule is O=C(O)COc1cccc(/C=C/Cn2cccc2C(=O)c2ccc(N3CCCCC3)cc2)c1. The number of carboxylic acid groups (broad SMARTS) is 1. The van der Waals surface area contributed by atoms with Crippen molar-refractivity contribution in [2.24, 2.45) is 0 Å². The summed E-state index contributed by atoms with van der Waals surface area (Å²) in [6.45, 7) is 2.33. The van der Waals surface area contributed by atoms with E-state index in [4.69, 9.17) is 9.84 Å². The lowest BCUT2D eigenvalue weighted by Crippen LogP contribution is -2.29. The molecule has 1 fully saturated rings. The average molecular weight is 445 g/mol. The molecular weight excluding hydrogens is 416 g/mol. The quantitative estimate of drug-likeness (QED) is 0.476. The molecule has 1 aliphatic rings. The van der Waals surface area contributed by atoms with E-state index >= 15 is 0 Å². The number of aromatic nitrogens is 1. The molecule has 2 aromatic carbocycles. The fourth-order valence-electron chi connectivity index (χ4n) is 4.06. The predicted octanol–water partition coefficient (Wildman–Crippen LogP) is 4.89. The third-order valence-corrected chi connectivity index (χ3v) is 5.75. The normalized spacial score (nSPS) is 13.9. The van der Waals surface area contributed by atoms with Crippen LogP contribution in [-0.4, -0.2) is 41.1 Å². The number of nitrogens with zero attached hydrogens (tertiary/aromatic N) is 2. The third-order valence-electron chi connectivity index (χ3n) is 5.75. The summed E-state index contributed by atoms with van der Waals surface area (Å²) in [5, 5.41) is 8.75. The number of benzene rings is 2. The fraction of sp³-hybridized carbons (Fsp3) is 0.259. The highest BCUT2D eigenvalue weighted by Crippen LogP contribution is 2.21. The van der Waals surface area contributed by atoms with Crippen LogP contribution in [0.3, 0.4) is 0 Å². The number of hydrogen-bond donors (Lipinski definition) is 1. The van der Waals surface area contributed by atoms with Gasteiger partial charge < -0.3 is 19.3 Å². The molecule has 0 radical (unpaired) electrons. The summed E-state index contributed by atoms with van der Waals surface area (Å²) in [4.78, 5) is 26.1. The number of aliphatic carboxylic acids is 1. The first-order chi connectivity index (χ1) is 16.1. The van der Waals surface area contributed by atoms with Gasteiger partial charge in [-0.2, -0.15) is 0 Å². The highest BCUT2D eigenvalue weighted by molar-refractivity contribution is 6.08. The minimum absolute atomic E-state index is 0.00246. The molecule has 33 heavy (non-hydrogen) atoms. The monoisotopic (exact) mass is 444 g/mol. The lowest BCUT2D eigenvalue weighted by Gasteiger charge is -2.28. The molecule has 0 bridgehead atoms. The molecule has 1 saturated heterocycles. The van der Waals surface area contributed by atoms with Crippen LogP contribution >= 0.6 is 0 Å². The lowest BCUT2D eigenvalue weighted by atomic mass is 10.1. The molecule has 0 aliphatic carbocycles. The molecule has 6 heteroatoms. The van der Waals surface area contributed by atoms with Crippen LogP contribution in [0.5, 0.6) is 5.75 Å². The topological polar surface area (TPSA) is 71.8 Å². The molecule has 2 heterocycles. The van der Waals surface area contributed by atoms with E-state index in [-0.39, 0.29) is 12.4 Å². The highest BCUT2D eigenvalue weighted by Gasteiger charge is 2.15. The van der Waals surface area contributed by atoms with Gasteiger partial charge in [0.25, 0.3) is 0 Å². The van der Waals surface area contributed by atoms with Gasteiger partial charge in [-0.25, -0.2) is 4.79 Å². The molecule has 0 saturated carbocycles. The van der Waals surface area contributed by atoms with E-state index in [0.29, 0.717) is 23.6 Å². The zero-order valence-corrected chi connectivity index (χ0v) is 18.5. The zero-order chi connectivity index (χ0) is 23.0. The summed E-state index contributed by atoms with van der Waals surface area (Å²) in [6, 6.07) is 18.9. The Labute approximate surface area is 193 Å². The first-order valence-corrected chi connectivity index (χ1v) is 11.3. The minimum atomic E-state index is -1.01. The van der Waals surface area contributed by atoms with Gasteiger partial charge >= 0.3 is 5.97 Å². The zero-order valence-electron chi connectivity index (χ0n) is 18.5. The Morgan fingerprint density at radius 2 is 1.76 bits per heavy atom. The number of carboxylic acids is 1. The lowest BCUT2D eigenvalue weighted by molar-refractivity contribution is -0.139. The summed E-state index contributed by atoms with van der Waals surface area (Å²) in [5.41, 5.74) is 3.40. The van der Waals surface area contributed by atoms with Crippen LogP contribution < -0.4 is 9.64 Å². The molecule has 0 unspecified atom stereocenters. The van der Waals surface area contributed by atoms with Crippen molar-refractivity contribution < 1.29 is 19.4 Å². The van der Waals surface area contributed by atoms with Crippen molar-refractivity contribution in [3.05, 3.63) is 89.8 Å². The van der Waals surface area contributed by atoms with Crippen molar-refractivity contribution in [2.75, 3.05) is 24.6 Å². The largest absolute Gasteiger partial charge is 0.482 e. The van der Waals surface area contributed by atoms with E-state index in [9.17, 15) is 9.59 Å². The number of hydrogen-bond acceptors (Lipinski definition) is 4. The van der Waals surface area contributed by atoms with Crippen molar-refractivity contribution in [3.63, 3.8) is 0 Å². The van der Waals surface area contributed by atoms with E-state index < -0.39 is 5.97 Å². The van der Waals surface area contributed by atoms with Crippen molar-refractivity contribution in [1.29, 1.82) is 0 Å². The van der Waals surface area contributed by atoms with Crippen LogP contribution in [-0.2, 0) is 11.3 Å². The van der Waals surface area contributed by atoms with Crippen molar-refractivity contribution >= 4 is 23.5 Å². The molecule has 170 valence electrons. The predicted molar refractivity (Wildman–Crippen MR) is 129 cm³/mol. The van der Waals surface area contributed by atoms with Gasteiger partial charge in [-0.15, -0.1) is 0 Å². The van der Waals surface area contributed by atoms with E-state index in [1.807, 2.05) is 71.4 Å². The summed E-state index contributed by atoms with van der Waals surface area (Å²) in [5.74, 6) is -0.506. The Morgan fingerprint density at radius 3 is 2.52 bits per heavy atom. The van der Waals surface area contributed by atoms with Crippen LogP contribution in [0.1, 0.15) is 40.9 Å². The highest BCUT2D eigenvalue weighted by atomic mass is 16.5. The van der Waals surface area contributed by atoms with Gasteiger partial charge in [0.15, 0.2) is 6.61 Å². The second-order valence-electron chi connectivity index (χ2n) is 8.13. The number of anilines is 1. The van der Waals surface area contributed by atoms with Crippen molar-refractivity contribution in [3.8, 4) is 5.75 Å². The fourth-order valence-corrected chi connectivity index (χ4v) is 4.06. The Bertz CT molecular complexity index is 1130. The number of rotatable bonds is 9. The Balaban J connectivity index is 1.40. The number of carbonyl (C=O) groups is 2. The molecule has 4 rings (SSSR count). The van der Waals surface area contributed by atoms with Crippen molar-refractivity contribution in [1.82, 2.24) is 4.57 Å². The molecular formula is C27H28N2O4. The van der Waals surface area contributed by atoms with Gasteiger partial charge in [-0.1, -0.05) is 24.3 Å². The second-order valence-corrected chi connectivity index (χ2v) is 8.13.